The summed E-state index contributed by atoms with van der Waals surface area (Å²) in [6, 6.07) is 13.7. The number of amides is 1. The van der Waals surface area contributed by atoms with Crippen molar-refractivity contribution in [3.05, 3.63) is 69.5 Å². The lowest BCUT2D eigenvalue weighted by molar-refractivity contribution is -0.917. The maximum absolute atomic E-state index is 11.6. The van der Waals surface area contributed by atoms with Crippen LogP contribution in [-0.2, 0) is 13.2 Å². The van der Waals surface area contributed by atoms with E-state index in [0.29, 0.717) is 17.0 Å². The first kappa shape index (κ1) is 19.9. The van der Waals surface area contributed by atoms with E-state index in [0.717, 1.165) is 28.9 Å². The number of nitrogens with zero attached hydrogens (tertiary/aromatic N) is 4. The highest BCUT2D eigenvalue weighted by Crippen LogP contribution is 2.17. The van der Waals surface area contributed by atoms with Crippen molar-refractivity contribution in [1.29, 1.82) is 0 Å². The summed E-state index contributed by atoms with van der Waals surface area (Å²) in [5.41, 5.74) is 5.00. The van der Waals surface area contributed by atoms with Crippen LogP contribution in [0, 0.1) is 18.6 Å². The Morgan fingerprint density at radius 3 is 2.36 bits per heavy atom. The van der Waals surface area contributed by atoms with Gasteiger partial charge in [0.2, 0.25) is 4.77 Å². The van der Waals surface area contributed by atoms with Crippen LogP contribution in [0.2, 0.25) is 0 Å². The Morgan fingerprint density at radius 2 is 1.75 bits per heavy atom. The maximum Gasteiger partial charge on any atom is 0.251 e. The van der Waals surface area contributed by atoms with E-state index < -0.39 is 0 Å². The lowest BCUT2D eigenvalue weighted by Crippen LogP contribution is -3.07. The summed E-state index contributed by atoms with van der Waals surface area (Å²) in [6.45, 7) is 5.47. The number of tetrazole rings is 1. The number of quaternary nitrogens is 1. The standard InChI is InChI=1S/C20H24N6OS/c1-14-6-5-7-15(2)18(14)26-20(28)25(22-23-26)13-24(4)12-16-8-10-17(11-9-16)19(27)21-3/h5-11H,12-13H2,1-4H3,(H,21,27)/p+1. The van der Waals surface area contributed by atoms with Crippen LogP contribution in [0.4, 0.5) is 0 Å². The predicted molar refractivity (Wildman–Crippen MR) is 110 cm³/mol. The molecule has 0 bridgehead atoms. The fraction of sp³-hybridized carbons (Fsp3) is 0.300. The number of para-hydroxylation sites is 1. The molecule has 0 fully saturated rings. The van der Waals surface area contributed by atoms with Gasteiger partial charge >= 0.3 is 0 Å². The molecule has 3 rings (SSSR count). The average Bonchev–Trinajstić information content (AvgIpc) is 3.02. The highest BCUT2D eigenvalue weighted by atomic mass is 32.1. The number of rotatable bonds is 6. The van der Waals surface area contributed by atoms with Gasteiger partial charge in [0, 0.05) is 18.2 Å². The number of aryl methyl sites for hydroxylation is 2. The molecular weight excluding hydrogens is 372 g/mol. The molecule has 0 radical (unpaired) electrons. The minimum absolute atomic E-state index is 0.0818. The smallest absolute Gasteiger partial charge is 0.251 e. The molecule has 8 heteroatoms. The number of hydrogen-bond acceptors (Lipinski definition) is 4. The zero-order valence-electron chi connectivity index (χ0n) is 16.6. The lowest BCUT2D eigenvalue weighted by atomic mass is 10.1. The van der Waals surface area contributed by atoms with Gasteiger partial charge in [-0.05, 0) is 59.8 Å². The fourth-order valence-electron chi connectivity index (χ4n) is 3.23. The van der Waals surface area contributed by atoms with Gasteiger partial charge in [0.15, 0.2) is 6.67 Å². The number of hydrogen-bond donors (Lipinski definition) is 2. The van der Waals surface area contributed by atoms with Crippen molar-refractivity contribution in [2.24, 2.45) is 0 Å². The number of benzene rings is 2. The second kappa shape index (κ2) is 8.45. The fourth-order valence-corrected chi connectivity index (χ4v) is 3.46. The maximum atomic E-state index is 11.6. The van der Waals surface area contributed by atoms with E-state index in [9.17, 15) is 4.79 Å². The zero-order valence-corrected chi connectivity index (χ0v) is 17.4. The van der Waals surface area contributed by atoms with Crippen molar-refractivity contribution in [3.63, 3.8) is 0 Å². The first-order valence-corrected chi connectivity index (χ1v) is 9.53. The Bertz CT molecular complexity index is 1020. The molecule has 1 unspecified atom stereocenters. The number of carbonyl (C=O) groups is 1. The van der Waals surface area contributed by atoms with E-state index in [4.69, 9.17) is 12.2 Å². The molecule has 0 aliphatic heterocycles. The van der Waals surface area contributed by atoms with Gasteiger partial charge in [0.1, 0.15) is 6.54 Å². The van der Waals surface area contributed by atoms with Gasteiger partial charge in [0.05, 0.1) is 12.7 Å². The Kier molecular flexibility index (Phi) is 6.01. The highest BCUT2D eigenvalue weighted by Gasteiger charge is 2.13. The van der Waals surface area contributed by atoms with E-state index in [1.54, 1.807) is 16.4 Å². The van der Waals surface area contributed by atoms with Crippen LogP contribution in [0.1, 0.15) is 27.0 Å². The molecule has 0 aliphatic rings. The van der Waals surface area contributed by atoms with Crippen molar-refractivity contribution in [1.82, 2.24) is 25.1 Å². The van der Waals surface area contributed by atoms with Gasteiger partial charge in [-0.2, -0.15) is 9.36 Å². The highest BCUT2D eigenvalue weighted by molar-refractivity contribution is 7.71. The summed E-state index contributed by atoms with van der Waals surface area (Å²) in [4.78, 5) is 12.8. The summed E-state index contributed by atoms with van der Waals surface area (Å²) in [5, 5.41) is 11.2. The van der Waals surface area contributed by atoms with Crippen molar-refractivity contribution >= 4 is 18.1 Å². The molecule has 1 amide bonds. The van der Waals surface area contributed by atoms with Crippen LogP contribution in [0.5, 0.6) is 0 Å². The van der Waals surface area contributed by atoms with Crippen LogP contribution in [-0.4, -0.2) is 39.8 Å². The molecule has 0 saturated carbocycles. The molecule has 1 heterocycles. The molecule has 28 heavy (non-hydrogen) atoms. The number of aromatic nitrogens is 4. The van der Waals surface area contributed by atoms with Crippen LogP contribution in [0.15, 0.2) is 42.5 Å². The van der Waals surface area contributed by atoms with E-state index in [1.165, 1.54) is 4.90 Å². The van der Waals surface area contributed by atoms with Gasteiger partial charge in [-0.1, -0.05) is 30.3 Å². The third-order valence-corrected chi connectivity index (χ3v) is 5.04. The van der Waals surface area contributed by atoms with Crippen LogP contribution >= 0.6 is 12.2 Å². The third kappa shape index (κ3) is 4.18. The lowest BCUT2D eigenvalue weighted by Gasteiger charge is -2.14. The Morgan fingerprint density at radius 1 is 1.11 bits per heavy atom. The number of nitrogens with one attached hydrogen (secondary N) is 2. The van der Waals surface area contributed by atoms with Crippen molar-refractivity contribution < 1.29 is 9.69 Å². The SMILES string of the molecule is CNC(=O)c1ccc(C[NH+](C)Cn2nnn(-c3c(C)cccc3C)c2=S)cc1. The molecule has 1 aromatic heterocycles. The Balaban J connectivity index is 1.73. The van der Waals surface area contributed by atoms with Gasteiger partial charge in [-0.15, -0.1) is 0 Å². The summed E-state index contributed by atoms with van der Waals surface area (Å²) >= 11 is 5.61. The van der Waals surface area contributed by atoms with Crippen LogP contribution in [0.3, 0.4) is 0 Å². The van der Waals surface area contributed by atoms with Crippen LogP contribution < -0.4 is 10.2 Å². The summed E-state index contributed by atoms with van der Waals surface area (Å²) in [5.74, 6) is -0.0818. The van der Waals surface area contributed by atoms with Crippen molar-refractivity contribution in [3.8, 4) is 5.69 Å². The molecule has 2 aromatic carbocycles. The molecule has 2 N–H and O–H groups in total. The van der Waals surface area contributed by atoms with Gasteiger partial charge in [-0.3, -0.25) is 4.79 Å². The molecule has 146 valence electrons. The molecule has 0 spiro atoms. The van der Waals surface area contributed by atoms with Crippen molar-refractivity contribution in [2.75, 3.05) is 14.1 Å². The third-order valence-electron chi connectivity index (χ3n) is 4.66. The first-order valence-electron chi connectivity index (χ1n) is 9.12. The van der Waals surface area contributed by atoms with E-state index in [1.807, 2.05) is 56.3 Å². The second-order valence-electron chi connectivity index (χ2n) is 6.98. The predicted octanol–water partition coefficient (Wildman–Crippen LogP) is 1.45. The van der Waals surface area contributed by atoms with Gasteiger partial charge in [-0.25, -0.2) is 0 Å². The van der Waals surface area contributed by atoms with Gasteiger partial charge < -0.3 is 10.2 Å². The number of carbonyl (C=O) groups excluding carboxylic acids is 1. The minimum Gasteiger partial charge on any atom is -0.355 e. The van der Waals surface area contributed by atoms with Crippen molar-refractivity contribution in [2.45, 2.75) is 27.1 Å². The monoisotopic (exact) mass is 397 g/mol. The molecular formula is C20H25N6OS+. The average molecular weight is 398 g/mol. The topological polar surface area (TPSA) is 69.2 Å². The first-order chi connectivity index (χ1) is 13.4. The molecule has 0 aliphatic carbocycles. The molecule has 3 aromatic rings. The van der Waals surface area contributed by atoms with E-state index in [2.05, 4.69) is 22.8 Å². The largest absolute Gasteiger partial charge is 0.355 e. The molecule has 7 nitrogen and oxygen atoms in total. The second-order valence-corrected chi connectivity index (χ2v) is 7.35. The van der Waals surface area contributed by atoms with Crippen LogP contribution in [0.25, 0.3) is 5.69 Å². The minimum atomic E-state index is -0.0818. The summed E-state index contributed by atoms with van der Waals surface area (Å²) in [7, 11) is 3.70. The van der Waals surface area contributed by atoms with E-state index >= 15 is 0 Å². The quantitative estimate of drug-likeness (QED) is 0.618. The summed E-state index contributed by atoms with van der Waals surface area (Å²) < 4.78 is 4.05. The van der Waals surface area contributed by atoms with Gasteiger partial charge in [0.25, 0.3) is 5.91 Å². The molecule has 0 saturated heterocycles. The normalized spacial score (nSPS) is 12.0. The zero-order chi connectivity index (χ0) is 20.3. The summed E-state index contributed by atoms with van der Waals surface area (Å²) in [6.07, 6.45) is 0. The Labute approximate surface area is 169 Å². The van der Waals surface area contributed by atoms with E-state index in [-0.39, 0.29) is 5.91 Å². The Hall–Kier alpha value is -2.84. The molecule has 1 atom stereocenters.